The van der Waals surface area contributed by atoms with Gasteiger partial charge in [-0.25, -0.2) is 9.59 Å². The van der Waals surface area contributed by atoms with E-state index in [4.69, 9.17) is 43.5 Å². The SMILES string of the molecule is CCOP(=O)(C/C=C/COc1cc(C(=O)OC)cc([N+](=O)[O-])c1)OCC.CCOP(=O)(C/C=C/COc1cc(N)cc(CNB(C)O)c1)OCC.O=C(O)c1cc(O)cc([N+](=O)[O-])c1. The molecule has 0 aliphatic carbocycles. The quantitative estimate of drug-likeness (QED) is 0.0106. The molecule has 0 radical (unpaired) electrons. The third kappa shape index (κ3) is 22.6. The Morgan fingerprint density at radius 1 is 0.734 bits per heavy atom. The van der Waals surface area contributed by atoms with Gasteiger partial charge in [-0.15, -0.1) is 0 Å². The van der Waals surface area contributed by atoms with E-state index in [0.717, 1.165) is 29.8 Å². The van der Waals surface area contributed by atoms with Gasteiger partial charge in [0.2, 0.25) is 0 Å². The van der Waals surface area contributed by atoms with E-state index in [0.29, 0.717) is 37.8 Å². The number of anilines is 1. The molecule has 0 aromatic heterocycles. The van der Waals surface area contributed by atoms with Crippen molar-refractivity contribution in [3.8, 4) is 17.2 Å². The topological polar surface area (TPSA) is 318 Å². The Morgan fingerprint density at radius 3 is 1.64 bits per heavy atom. The van der Waals surface area contributed by atoms with Gasteiger partial charge in [-0.1, -0.05) is 24.3 Å². The van der Waals surface area contributed by atoms with Crippen LogP contribution in [0.25, 0.3) is 0 Å². The van der Waals surface area contributed by atoms with Gasteiger partial charge in [0.05, 0.1) is 79.0 Å². The minimum absolute atomic E-state index is 0.0119. The Kier molecular flexibility index (Phi) is 26.1. The van der Waals surface area contributed by atoms with Crippen molar-refractivity contribution >= 4 is 51.2 Å². The molecule has 25 heteroatoms. The number of nitrogens with two attached hydrogens (primary N) is 1. The number of carboxylic acids is 1. The fourth-order valence-electron chi connectivity index (χ4n) is 4.87. The van der Waals surface area contributed by atoms with Crippen LogP contribution in [0.5, 0.6) is 17.2 Å². The number of aromatic hydroxyl groups is 1. The fourth-order valence-corrected chi connectivity index (χ4v) is 7.83. The predicted molar refractivity (Wildman–Crippen MR) is 238 cm³/mol. The second-order valence-electron chi connectivity index (χ2n) is 12.6. The number of phenolic OH excluding ortho intramolecular Hbond substituents is 1. The number of carbonyl (C=O) groups excluding carboxylic acids is 1. The van der Waals surface area contributed by atoms with E-state index in [1.165, 1.54) is 19.2 Å². The number of hydrogen-bond donors (Lipinski definition) is 5. The highest BCUT2D eigenvalue weighted by atomic mass is 31.2. The minimum atomic E-state index is -3.17. The number of nitrogens with one attached hydrogen (secondary N) is 1. The van der Waals surface area contributed by atoms with Gasteiger partial charge in [0.25, 0.3) is 11.4 Å². The van der Waals surface area contributed by atoms with Crippen LogP contribution in [0.2, 0.25) is 6.82 Å². The van der Waals surface area contributed by atoms with Gasteiger partial charge in [0.15, 0.2) is 0 Å². The molecule has 0 atom stereocenters. The number of nitrogen functional groups attached to an aromatic ring is 1. The Labute approximate surface area is 370 Å². The average molecular weight is 941 g/mol. The molecule has 3 aromatic carbocycles. The monoisotopic (exact) mass is 940 g/mol. The van der Waals surface area contributed by atoms with Crippen LogP contribution in [0.15, 0.2) is 78.9 Å². The molecule has 0 bridgehead atoms. The second-order valence-corrected chi connectivity index (χ2v) is 16.8. The van der Waals surface area contributed by atoms with Gasteiger partial charge >= 0.3 is 34.2 Å². The number of non-ortho nitro benzene ring substituents is 2. The lowest BCUT2D eigenvalue weighted by Gasteiger charge is -2.14. The fraction of sp³-hybridized carbons (Fsp3) is 0.385. The largest absolute Gasteiger partial charge is 0.508 e. The standard InChI is InChI=1S/C16H28BN2O5P.C16H22NO8P.C7H5NO5/c1-4-23-25(21,24-5-2)9-7-6-8-22-16-11-14(10-15(18)12-16)13-19-17(3)20;1-4-24-26(21,25-5-2)9-7-6-8-23-15-11-13(16(18)22-3)10-14(12-15)17(19)20;9-6-2-4(7(10)11)1-5(3-6)8(12)13/h6-7,10-12,19-20H,4-5,8-9,13,18H2,1-3H3;6-7,10-12H,4-5,8-9H2,1-3H3;1-3,9H,(H,10,11)/b2*7-6+;. The number of ether oxygens (including phenoxy) is 3. The van der Waals surface area contributed by atoms with Crippen LogP contribution >= 0.6 is 15.2 Å². The first-order valence-electron chi connectivity index (χ1n) is 19.5. The van der Waals surface area contributed by atoms with E-state index in [-0.39, 0.29) is 54.7 Å². The molecular weight excluding hydrogens is 885 g/mol. The summed E-state index contributed by atoms with van der Waals surface area (Å²) in [7, 11) is -5.65. The Bertz CT molecular complexity index is 2090. The van der Waals surface area contributed by atoms with Gasteiger partial charge in [-0.2, -0.15) is 0 Å². The smallest absolute Gasteiger partial charge is 0.373 e. The van der Waals surface area contributed by atoms with Crippen LogP contribution in [0.4, 0.5) is 17.1 Å². The summed E-state index contributed by atoms with van der Waals surface area (Å²) in [5.41, 5.74) is 6.32. The van der Waals surface area contributed by atoms with Crippen molar-refractivity contribution in [3.63, 3.8) is 0 Å². The van der Waals surface area contributed by atoms with Crippen molar-refractivity contribution in [2.24, 2.45) is 0 Å². The van der Waals surface area contributed by atoms with Crippen molar-refractivity contribution in [2.45, 2.75) is 41.1 Å². The maximum atomic E-state index is 12.3. The third-order valence-corrected chi connectivity index (χ3v) is 11.4. The van der Waals surface area contributed by atoms with Crippen molar-refractivity contribution < 1.29 is 76.1 Å². The molecule has 0 saturated carbocycles. The lowest BCUT2D eigenvalue weighted by Crippen LogP contribution is -2.29. The maximum Gasteiger partial charge on any atom is 0.373 e. The van der Waals surface area contributed by atoms with Gasteiger partial charge in [-0.3, -0.25) is 29.4 Å². The van der Waals surface area contributed by atoms with Gasteiger partial charge in [0, 0.05) is 30.4 Å². The summed E-state index contributed by atoms with van der Waals surface area (Å²) in [4.78, 5) is 41.8. The molecule has 0 aliphatic rings. The first kappa shape index (κ1) is 56.4. The lowest BCUT2D eigenvalue weighted by molar-refractivity contribution is -0.385. The Balaban J connectivity index is 0.000000506. The number of nitrogens with zero attached hydrogens (tertiary/aromatic N) is 2. The van der Waals surface area contributed by atoms with E-state index < -0.39 is 55.5 Å². The van der Waals surface area contributed by atoms with Crippen molar-refractivity contribution in [2.75, 3.05) is 64.8 Å². The molecule has 352 valence electrons. The zero-order valence-electron chi connectivity index (χ0n) is 36.3. The first-order valence-corrected chi connectivity index (χ1v) is 22.9. The van der Waals surface area contributed by atoms with E-state index in [9.17, 15) is 44.0 Å². The van der Waals surface area contributed by atoms with Crippen LogP contribution in [0.1, 0.15) is 54.0 Å². The summed E-state index contributed by atoms with van der Waals surface area (Å²) in [6, 6.07) is 11.7. The van der Waals surface area contributed by atoms with E-state index in [1.807, 2.05) is 12.1 Å². The molecule has 22 nitrogen and oxygen atoms in total. The number of rotatable bonds is 25. The summed E-state index contributed by atoms with van der Waals surface area (Å²) in [6.07, 6.45) is 6.96. The van der Waals surface area contributed by atoms with Crippen molar-refractivity contribution in [1.29, 1.82) is 0 Å². The highest BCUT2D eigenvalue weighted by molar-refractivity contribution is 7.54. The summed E-state index contributed by atoms with van der Waals surface area (Å²) in [6.45, 7) is 10.7. The van der Waals surface area contributed by atoms with Gasteiger partial charge in [0.1, 0.15) is 30.5 Å². The lowest BCUT2D eigenvalue weighted by atomic mass is 9.88. The number of methoxy groups -OCH3 is 1. The molecule has 0 heterocycles. The number of hydrogen-bond acceptors (Lipinski definition) is 19. The summed E-state index contributed by atoms with van der Waals surface area (Å²) in [5.74, 6) is -1.69. The number of phenols is 1. The molecule has 0 amide bonds. The molecule has 3 aromatic rings. The molecule has 64 heavy (non-hydrogen) atoms. The van der Waals surface area contributed by atoms with E-state index >= 15 is 0 Å². The minimum Gasteiger partial charge on any atom is -0.508 e. The number of nitro benzene ring substituents is 2. The summed E-state index contributed by atoms with van der Waals surface area (Å²) >= 11 is 0. The Morgan fingerprint density at radius 2 is 1.20 bits per heavy atom. The molecular formula is C39H55BN4O18P2. The molecule has 0 spiro atoms. The highest BCUT2D eigenvalue weighted by Gasteiger charge is 2.22. The van der Waals surface area contributed by atoms with Crippen molar-refractivity contribution in [3.05, 3.63) is 116 Å². The predicted octanol–water partition coefficient (Wildman–Crippen LogP) is 7.25. The van der Waals surface area contributed by atoms with E-state index in [2.05, 4.69) is 9.96 Å². The first-order chi connectivity index (χ1) is 30.2. The zero-order chi connectivity index (χ0) is 48.3. The van der Waals surface area contributed by atoms with Crippen LogP contribution in [-0.2, 0) is 38.5 Å². The van der Waals surface area contributed by atoms with Crippen LogP contribution in [-0.4, -0.2) is 103 Å². The highest BCUT2D eigenvalue weighted by Crippen LogP contribution is 2.48. The molecule has 0 saturated heterocycles. The number of aromatic carboxylic acids is 1. The zero-order valence-corrected chi connectivity index (χ0v) is 38.1. The van der Waals surface area contributed by atoms with Crippen LogP contribution in [0.3, 0.4) is 0 Å². The molecule has 3 rings (SSSR count). The molecule has 0 fully saturated rings. The van der Waals surface area contributed by atoms with Crippen molar-refractivity contribution in [1.82, 2.24) is 5.23 Å². The number of allylic oxidation sites excluding steroid dienone is 2. The normalized spacial score (nSPS) is 11.2. The molecule has 0 aliphatic heterocycles. The number of nitro groups is 2. The third-order valence-electron chi connectivity index (χ3n) is 7.46. The maximum absolute atomic E-state index is 12.3. The molecule has 6 N–H and O–H groups in total. The number of carbonyl (C=O) groups is 2. The van der Waals surface area contributed by atoms with Crippen LogP contribution < -0.4 is 20.4 Å². The number of esters is 1. The second kappa shape index (κ2) is 29.7. The number of benzene rings is 3. The Hall–Kier alpha value is -5.64. The number of carboxylic acid groups (broad SMARTS) is 1. The van der Waals surface area contributed by atoms with E-state index in [1.54, 1.807) is 64.9 Å². The summed E-state index contributed by atoms with van der Waals surface area (Å²) in [5, 5.41) is 50.8. The van der Waals surface area contributed by atoms with Gasteiger partial charge in [-0.05, 0) is 64.3 Å². The van der Waals surface area contributed by atoms with Gasteiger partial charge < -0.3 is 58.5 Å². The average Bonchev–Trinajstić information content (AvgIpc) is 3.22. The van der Waals surface area contributed by atoms with Crippen LogP contribution in [0, 0.1) is 20.2 Å². The summed E-state index contributed by atoms with van der Waals surface area (Å²) < 4.78 is 60.8. The molecule has 0 unspecified atom stereocenters.